The number of nitrogens with zero attached hydrogens (tertiary/aromatic N) is 3. The van der Waals surface area contributed by atoms with Crippen molar-refractivity contribution >= 4 is 0 Å². The minimum absolute atomic E-state index is 0.0824. The molecule has 0 aromatic carbocycles. The van der Waals surface area contributed by atoms with E-state index in [4.69, 9.17) is 9.47 Å². The molecule has 0 bridgehead atoms. The summed E-state index contributed by atoms with van der Waals surface area (Å²) in [5.41, 5.74) is 1.79. The maximum absolute atomic E-state index is 5.21. The highest BCUT2D eigenvalue weighted by Crippen LogP contribution is 2.23. The summed E-state index contributed by atoms with van der Waals surface area (Å²) in [7, 11) is 3.19. The molecule has 2 heterocycles. The molecule has 0 spiro atoms. The number of hydrogen-bond acceptors (Lipinski definition) is 6. The van der Waals surface area contributed by atoms with Crippen molar-refractivity contribution < 1.29 is 9.47 Å². The summed E-state index contributed by atoms with van der Waals surface area (Å²) in [5.74, 6) is 1.21. The molecule has 2 aromatic rings. The predicted octanol–water partition coefficient (Wildman–Crippen LogP) is 1.59. The first kappa shape index (κ1) is 14.2. The molecule has 106 valence electrons. The Morgan fingerprint density at radius 2 is 2.00 bits per heavy atom. The van der Waals surface area contributed by atoms with E-state index < -0.39 is 0 Å². The Kier molecular flexibility index (Phi) is 4.84. The van der Waals surface area contributed by atoms with Gasteiger partial charge in [0.25, 0.3) is 0 Å². The molecule has 20 heavy (non-hydrogen) atoms. The average Bonchev–Trinajstić information content (AvgIpc) is 2.53. The third-order valence-electron chi connectivity index (χ3n) is 2.88. The molecule has 0 radical (unpaired) electrons. The Hall–Kier alpha value is -2.21. The zero-order valence-electron chi connectivity index (χ0n) is 11.8. The summed E-state index contributed by atoms with van der Waals surface area (Å²) in [6, 6.07) is 5.53. The second kappa shape index (κ2) is 6.81. The Balaban J connectivity index is 2.33. The topological polar surface area (TPSA) is 69.2 Å². The summed E-state index contributed by atoms with van der Waals surface area (Å²) < 4.78 is 10.2. The maximum atomic E-state index is 5.21. The van der Waals surface area contributed by atoms with Gasteiger partial charge in [0, 0.05) is 12.3 Å². The van der Waals surface area contributed by atoms with Gasteiger partial charge in [0.05, 0.1) is 32.2 Å². The van der Waals surface area contributed by atoms with Gasteiger partial charge in [0.15, 0.2) is 0 Å². The standard InChI is InChI=1S/C14H18N4O2/c1-4-16-14(10-7-11(19-2)9-15-8-10)12-5-6-13(20-3)18-17-12/h5-9,14,16H,4H2,1-3H3. The summed E-state index contributed by atoms with van der Waals surface area (Å²) in [6.07, 6.45) is 3.47. The molecule has 0 amide bonds. The summed E-state index contributed by atoms with van der Waals surface area (Å²) in [4.78, 5) is 4.18. The summed E-state index contributed by atoms with van der Waals surface area (Å²) in [5, 5.41) is 11.6. The molecule has 2 rings (SSSR count). The van der Waals surface area contributed by atoms with E-state index in [1.807, 2.05) is 19.1 Å². The van der Waals surface area contributed by atoms with Crippen LogP contribution >= 0.6 is 0 Å². The highest BCUT2D eigenvalue weighted by molar-refractivity contribution is 5.31. The Bertz CT molecular complexity index is 545. The lowest BCUT2D eigenvalue weighted by atomic mass is 10.1. The van der Waals surface area contributed by atoms with Gasteiger partial charge in [-0.3, -0.25) is 4.98 Å². The molecule has 1 atom stereocenters. The van der Waals surface area contributed by atoms with Crippen molar-refractivity contribution in [3.8, 4) is 11.6 Å². The Morgan fingerprint density at radius 1 is 1.15 bits per heavy atom. The fraction of sp³-hybridized carbons (Fsp3) is 0.357. The molecule has 0 saturated heterocycles. The fourth-order valence-electron chi connectivity index (χ4n) is 1.90. The van der Waals surface area contributed by atoms with Gasteiger partial charge in [-0.2, -0.15) is 0 Å². The highest BCUT2D eigenvalue weighted by Gasteiger charge is 2.16. The van der Waals surface area contributed by atoms with Crippen LogP contribution in [0, 0.1) is 0 Å². The number of methoxy groups -OCH3 is 2. The van der Waals surface area contributed by atoms with Crippen LogP contribution in [0.15, 0.2) is 30.6 Å². The van der Waals surface area contributed by atoms with Crippen molar-refractivity contribution in [2.45, 2.75) is 13.0 Å². The third kappa shape index (κ3) is 3.21. The second-order valence-electron chi connectivity index (χ2n) is 4.15. The molecular formula is C14H18N4O2. The SMILES string of the molecule is CCNC(c1cncc(OC)c1)c1ccc(OC)nn1. The molecule has 0 aliphatic rings. The molecule has 0 saturated carbocycles. The first-order valence-electron chi connectivity index (χ1n) is 6.38. The average molecular weight is 274 g/mol. The van der Waals surface area contributed by atoms with Crippen LogP contribution in [0.1, 0.15) is 24.2 Å². The van der Waals surface area contributed by atoms with Crippen molar-refractivity contribution in [2.24, 2.45) is 0 Å². The molecule has 2 aromatic heterocycles. The van der Waals surface area contributed by atoms with Gasteiger partial charge in [0.1, 0.15) is 5.75 Å². The van der Waals surface area contributed by atoms with Crippen molar-refractivity contribution in [3.05, 3.63) is 41.9 Å². The van der Waals surface area contributed by atoms with E-state index in [1.54, 1.807) is 32.7 Å². The van der Waals surface area contributed by atoms with Crippen LogP contribution in [0.25, 0.3) is 0 Å². The number of hydrogen-bond donors (Lipinski definition) is 1. The molecule has 6 heteroatoms. The van der Waals surface area contributed by atoms with E-state index in [1.165, 1.54) is 0 Å². The normalized spacial score (nSPS) is 11.9. The van der Waals surface area contributed by atoms with Gasteiger partial charge in [0.2, 0.25) is 5.88 Å². The van der Waals surface area contributed by atoms with Crippen molar-refractivity contribution in [1.82, 2.24) is 20.5 Å². The monoisotopic (exact) mass is 274 g/mol. The van der Waals surface area contributed by atoms with E-state index in [0.29, 0.717) is 11.6 Å². The van der Waals surface area contributed by atoms with Gasteiger partial charge in [-0.1, -0.05) is 6.92 Å². The number of rotatable bonds is 6. The van der Waals surface area contributed by atoms with E-state index in [-0.39, 0.29) is 6.04 Å². The molecule has 6 nitrogen and oxygen atoms in total. The minimum atomic E-state index is -0.0824. The lowest BCUT2D eigenvalue weighted by molar-refractivity contribution is 0.390. The van der Waals surface area contributed by atoms with E-state index in [0.717, 1.165) is 17.8 Å². The summed E-state index contributed by atoms with van der Waals surface area (Å²) in [6.45, 7) is 2.84. The van der Waals surface area contributed by atoms with Crippen LogP contribution in [0.5, 0.6) is 11.6 Å². The van der Waals surface area contributed by atoms with E-state index >= 15 is 0 Å². The highest BCUT2D eigenvalue weighted by atomic mass is 16.5. The van der Waals surface area contributed by atoms with Gasteiger partial charge in [-0.15, -0.1) is 10.2 Å². The Labute approximate surface area is 118 Å². The van der Waals surface area contributed by atoms with Crippen molar-refractivity contribution in [3.63, 3.8) is 0 Å². The lowest BCUT2D eigenvalue weighted by Gasteiger charge is -2.17. The quantitative estimate of drug-likeness (QED) is 0.862. The number of pyridine rings is 1. The zero-order valence-corrected chi connectivity index (χ0v) is 11.8. The van der Waals surface area contributed by atoms with Crippen LogP contribution in [0.3, 0.4) is 0 Å². The first-order valence-corrected chi connectivity index (χ1v) is 6.38. The van der Waals surface area contributed by atoms with Crippen LogP contribution < -0.4 is 14.8 Å². The largest absolute Gasteiger partial charge is 0.495 e. The van der Waals surface area contributed by atoms with Crippen molar-refractivity contribution in [1.29, 1.82) is 0 Å². The third-order valence-corrected chi connectivity index (χ3v) is 2.88. The van der Waals surface area contributed by atoms with Crippen LogP contribution in [-0.4, -0.2) is 35.9 Å². The Morgan fingerprint density at radius 3 is 2.60 bits per heavy atom. The molecular weight excluding hydrogens is 256 g/mol. The molecule has 1 N–H and O–H groups in total. The van der Waals surface area contributed by atoms with Crippen LogP contribution in [0.2, 0.25) is 0 Å². The lowest BCUT2D eigenvalue weighted by Crippen LogP contribution is -2.23. The van der Waals surface area contributed by atoms with Gasteiger partial charge in [-0.05, 0) is 24.2 Å². The smallest absolute Gasteiger partial charge is 0.233 e. The fourth-order valence-corrected chi connectivity index (χ4v) is 1.90. The summed E-state index contributed by atoms with van der Waals surface area (Å²) >= 11 is 0. The predicted molar refractivity (Wildman–Crippen MR) is 74.9 cm³/mol. The molecule has 0 aliphatic heterocycles. The van der Waals surface area contributed by atoms with E-state index in [2.05, 4.69) is 20.5 Å². The maximum Gasteiger partial charge on any atom is 0.233 e. The molecule has 1 unspecified atom stereocenters. The van der Waals surface area contributed by atoms with Gasteiger partial charge in [-0.25, -0.2) is 0 Å². The first-order chi connectivity index (χ1) is 9.78. The molecule has 0 aliphatic carbocycles. The number of aromatic nitrogens is 3. The minimum Gasteiger partial charge on any atom is -0.495 e. The zero-order chi connectivity index (χ0) is 14.4. The molecule has 0 fully saturated rings. The van der Waals surface area contributed by atoms with E-state index in [9.17, 15) is 0 Å². The van der Waals surface area contributed by atoms with Gasteiger partial charge >= 0.3 is 0 Å². The van der Waals surface area contributed by atoms with Crippen LogP contribution in [0.4, 0.5) is 0 Å². The second-order valence-corrected chi connectivity index (χ2v) is 4.15. The number of ether oxygens (including phenoxy) is 2. The number of nitrogens with one attached hydrogen (secondary N) is 1. The van der Waals surface area contributed by atoms with Crippen LogP contribution in [-0.2, 0) is 0 Å². The van der Waals surface area contributed by atoms with Crippen molar-refractivity contribution in [2.75, 3.05) is 20.8 Å². The van der Waals surface area contributed by atoms with Gasteiger partial charge < -0.3 is 14.8 Å².